The lowest BCUT2D eigenvalue weighted by atomic mass is 9.99. The van der Waals surface area contributed by atoms with Gasteiger partial charge < -0.3 is 36.9 Å². The van der Waals surface area contributed by atoms with Gasteiger partial charge in [-0.25, -0.2) is 4.79 Å². The van der Waals surface area contributed by atoms with Gasteiger partial charge in [0.25, 0.3) is 0 Å². The number of rotatable bonds is 15. The molecule has 0 bridgehead atoms. The molecule has 0 fully saturated rings. The van der Waals surface area contributed by atoms with Crippen LogP contribution in [0, 0.1) is 5.92 Å². The first-order chi connectivity index (χ1) is 19.9. The maximum Gasteiger partial charge on any atom is 0.326 e. The molecule has 8 N–H and O–H groups in total. The molecule has 0 spiro atoms. The maximum absolute atomic E-state index is 13.6. The lowest BCUT2D eigenvalue weighted by Gasteiger charge is -2.26. The fourth-order valence-corrected chi connectivity index (χ4v) is 4.59. The Labute approximate surface area is 243 Å². The fraction of sp³-hybridized carbons (Fsp3) is 0.367. The van der Waals surface area contributed by atoms with E-state index in [1.54, 1.807) is 36.5 Å². The Bertz CT molecular complexity index is 1410. The van der Waals surface area contributed by atoms with Crippen LogP contribution in [0.4, 0.5) is 0 Å². The van der Waals surface area contributed by atoms with E-state index in [0.29, 0.717) is 11.1 Å². The standard InChI is InChI=1S/C30H37N5O7/c1-17(2)12-23(28(39)35-25(30(41)42)13-18-8-4-3-5-9-18)34-29(40)24(33-27(38)21(31)15-26(36)37)14-19-16-32-22-11-7-6-10-20(19)22/h3-11,16-17,21,23-25,32H,12-15,31H2,1-2H3,(H,33,38)(H,34,40)(H,35,39)(H,36,37)(H,41,42). The molecular weight excluding hydrogens is 542 g/mol. The molecule has 42 heavy (non-hydrogen) atoms. The molecule has 0 radical (unpaired) electrons. The number of aromatic amines is 1. The van der Waals surface area contributed by atoms with E-state index in [4.69, 9.17) is 10.8 Å². The van der Waals surface area contributed by atoms with Crippen LogP contribution in [0.25, 0.3) is 10.9 Å². The van der Waals surface area contributed by atoms with Crippen LogP contribution in [0.2, 0.25) is 0 Å². The lowest BCUT2D eigenvalue weighted by molar-refractivity contribution is -0.142. The van der Waals surface area contributed by atoms with Gasteiger partial charge in [-0.1, -0.05) is 62.4 Å². The van der Waals surface area contributed by atoms with Crippen LogP contribution in [-0.2, 0) is 36.8 Å². The van der Waals surface area contributed by atoms with Crippen LogP contribution >= 0.6 is 0 Å². The first-order valence-electron chi connectivity index (χ1n) is 13.6. The first kappa shape index (κ1) is 31.8. The average molecular weight is 580 g/mol. The Balaban J connectivity index is 1.82. The number of aromatic nitrogens is 1. The van der Waals surface area contributed by atoms with Crippen molar-refractivity contribution in [2.75, 3.05) is 0 Å². The minimum Gasteiger partial charge on any atom is -0.481 e. The number of H-pyrrole nitrogens is 1. The van der Waals surface area contributed by atoms with Gasteiger partial charge >= 0.3 is 11.9 Å². The van der Waals surface area contributed by atoms with E-state index >= 15 is 0 Å². The number of nitrogens with two attached hydrogens (primary N) is 1. The van der Waals surface area contributed by atoms with Crippen molar-refractivity contribution < 1.29 is 34.2 Å². The van der Waals surface area contributed by atoms with Gasteiger partial charge in [0.1, 0.15) is 18.1 Å². The number of carboxylic acids is 2. The van der Waals surface area contributed by atoms with Crippen molar-refractivity contribution in [3.63, 3.8) is 0 Å². The number of nitrogens with one attached hydrogen (secondary N) is 4. The summed E-state index contributed by atoms with van der Waals surface area (Å²) < 4.78 is 0. The number of aliphatic carboxylic acids is 2. The highest BCUT2D eigenvalue weighted by Crippen LogP contribution is 2.19. The van der Waals surface area contributed by atoms with Gasteiger partial charge in [-0.05, 0) is 29.5 Å². The zero-order valence-corrected chi connectivity index (χ0v) is 23.5. The SMILES string of the molecule is CC(C)CC(NC(=O)C(Cc1c[nH]c2ccccc12)NC(=O)C(N)CC(=O)O)C(=O)NC(Cc1ccccc1)C(=O)O. The van der Waals surface area contributed by atoms with Gasteiger partial charge in [-0.15, -0.1) is 0 Å². The van der Waals surface area contributed by atoms with Crippen molar-refractivity contribution in [1.29, 1.82) is 0 Å². The van der Waals surface area contributed by atoms with Crippen LogP contribution in [0.1, 0.15) is 37.8 Å². The molecule has 1 heterocycles. The highest BCUT2D eigenvalue weighted by Gasteiger charge is 2.31. The molecule has 0 aliphatic carbocycles. The van der Waals surface area contributed by atoms with Crippen molar-refractivity contribution in [3.05, 3.63) is 71.9 Å². The Morgan fingerprint density at radius 2 is 1.38 bits per heavy atom. The molecule has 0 aliphatic heterocycles. The predicted molar refractivity (Wildman–Crippen MR) is 155 cm³/mol. The molecule has 4 unspecified atom stereocenters. The molecule has 3 amide bonds. The molecule has 0 aliphatic rings. The lowest BCUT2D eigenvalue weighted by Crippen LogP contribution is -2.58. The maximum atomic E-state index is 13.6. The highest BCUT2D eigenvalue weighted by molar-refractivity contribution is 5.95. The molecule has 224 valence electrons. The van der Waals surface area contributed by atoms with Crippen LogP contribution in [0.15, 0.2) is 60.8 Å². The van der Waals surface area contributed by atoms with Gasteiger partial charge in [0.15, 0.2) is 0 Å². The van der Waals surface area contributed by atoms with Gasteiger partial charge in [0.05, 0.1) is 12.5 Å². The molecule has 1 aromatic heterocycles. The number of carboxylic acid groups (broad SMARTS) is 2. The molecule has 12 heteroatoms. The van der Waals surface area contributed by atoms with Crippen LogP contribution < -0.4 is 21.7 Å². The van der Waals surface area contributed by atoms with Gasteiger partial charge in [-0.2, -0.15) is 0 Å². The first-order valence-corrected chi connectivity index (χ1v) is 13.6. The summed E-state index contributed by atoms with van der Waals surface area (Å²) in [5.41, 5.74) is 7.98. The third kappa shape index (κ3) is 9.16. The summed E-state index contributed by atoms with van der Waals surface area (Å²) in [5, 5.41) is 27.4. The van der Waals surface area contributed by atoms with Crippen molar-refractivity contribution in [2.24, 2.45) is 11.7 Å². The van der Waals surface area contributed by atoms with Gasteiger partial charge in [0, 0.05) is 29.9 Å². The molecular formula is C30H37N5O7. The van der Waals surface area contributed by atoms with Crippen molar-refractivity contribution in [2.45, 2.75) is 63.7 Å². The predicted octanol–water partition coefficient (Wildman–Crippen LogP) is 1.34. The number of hydrogen-bond acceptors (Lipinski definition) is 6. The smallest absolute Gasteiger partial charge is 0.326 e. The Kier molecular flexibility index (Phi) is 11.2. The van der Waals surface area contributed by atoms with E-state index in [9.17, 15) is 29.1 Å². The monoisotopic (exact) mass is 579 g/mol. The topological polar surface area (TPSA) is 204 Å². The summed E-state index contributed by atoms with van der Waals surface area (Å²) in [6.45, 7) is 3.70. The van der Waals surface area contributed by atoms with E-state index in [1.165, 1.54) is 0 Å². The second-order valence-electron chi connectivity index (χ2n) is 10.6. The number of amides is 3. The number of benzene rings is 2. The van der Waals surface area contributed by atoms with E-state index in [0.717, 1.165) is 10.9 Å². The van der Waals surface area contributed by atoms with E-state index in [2.05, 4.69) is 20.9 Å². The van der Waals surface area contributed by atoms with Crippen LogP contribution in [-0.4, -0.2) is 69.0 Å². The summed E-state index contributed by atoms with van der Waals surface area (Å²) >= 11 is 0. The molecule has 0 saturated heterocycles. The number of hydrogen-bond donors (Lipinski definition) is 7. The van der Waals surface area contributed by atoms with Crippen LogP contribution in [0.5, 0.6) is 0 Å². The second kappa shape index (κ2) is 14.8. The number of fused-ring (bicyclic) bond motifs is 1. The van der Waals surface area contributed by atoms with Gasteiger partial charge in [0.2, 0.25) is 17.7 Å². The Morgan fingerprint density at radius 3 is 2.02 bits per heavy atom. The summed E-state index contributed by atoms with van der Waals surface area (Å²) in [7, 11) is 0. The third-order valence-electron chi connectivity index (χ3n) is 6.70. The Hall–Kier alpha value is -4.71. The summed E-state index contributed by atoms with van der Waals surface area (Å²) in [6.07, 6.45) is 1.33. The van der Waals surface area contributed by atoms with Crippen molar-refractivity contribution >= 4 is 40.6 Å². The summed E-state index contributed by atoms with van der Waals surface area (Å²) in [6, 6.07) is 11.3. The quantitative estimate of drug-likeness (QED) is 0.140. The van der Waals surface area contributed by atoms with Crippen LogP contribution in [0.3, 0.4) is 0 Å². The van der Waals surface area contributed by atoms with E-state index in [-0.39, 0.29) is 25.2 Å². The Morgan fingerprint density at radius 1 is 0.786 bits per heavy atom. The molecule has 0 saturated carbocycles. The van der Waals surface area contributed by atoms with Gasteiger partial charge in [-0.3, -0.25) is 19.2 Å². The highest BCUT2D eigenvalue weighted by atomic mass is 16.4. The zero-order chi connectivity index (χ0) is 30.8. The van der Waals surface area contributed by atoms with Crippen molar-refractivity contribution in [3.8, 4) is 0 Å². The second-order valence-corrected chi connectivity index (χ2v) is 10.6. The molecule has 12 nitrogen and oxygen atoms in total. The van der Waals surface area contributed by atoms with E-state index in [1.807, 2.05) is 38.1 Å². The molecule has 3 rings (SSSR count). The normalized spacial score (nSPS) is 14.0. The largest absolute Gasteiger partial charge is 0.481 e. The summed E-state index contributed by atoms with van der Waals surface area (Å²) in [4.78, 5) is 65.8. The minimum atomic E-state index is -1.40. The van der Waals surface area contributed by atoms with Crippen molar-refractivity contribution in [1.82, 2.24) is 20.9 Å². The average Bonchev–Trinajstić information content (AvgIpc) is 3.34. The number of carbonyl (C=O) groups is 5. The fourth-order valence-electron chi connectivity index (χ4n) is 4.59. The zero-order valence-electron chi connectivity index (χ0n) is 23.5. The molecule has 2 aromatic carbocycles. The minimum absolute atomic E-state index is 0.0170. The van der Waals surface area contributed by atoms with E-state index < -0.39 is 60.2 Å². The number of para-hydroxylation sites is 1. The molecule has 4 atom stereocenters. The third-order valence-corrected chi connectivity index (χ3v) is 6.70. The summed E-state index contributed by atoms with van der Waals surface area (Å²) in [5.74, 6) is -4.77. The molecule has 3 aromatic rings. The number of carbonyl (C=O) groups excluding carboxylic acids is 3.